The average Bonchev–Trinajstić information content (AvgIpc) is 3.69. The van der Waals surface area contributed by atoms with Crippen molar-refractivity contribution >= 4 is 28.7 Å². The van der Waals surface area contributed by atoms with Crippen LogP contribution in [0.25, 0.3) is 10.9 Å². The zero-order valence-electron chi connectivity index (χ0n) is 30.9. The van der Waals surface area contributed by atoms with Gasteiger partial charge < -0.3 is 30.0 Å². The van der Waals surface area contributed by atoms with Gasteiger partial charge in [0.05, 0.1) is 32.3 Å². The molecular formula is C38H52N8O5. The number of ether oxygens (including phenoxy) is 2. The van der Waals surface area contributed by atoms with Crippen molar-refractivity contribution in [2.75, 3.05) is 20.2 Å². The number of hydrogen-bond donors (Lipinski definition) is 2. The number of likely N-dealkylation sites (N-methyl/N-ethyl adjacent to an activating group) is 1. The lowest BCUT2D eigenvalue weighted by molar-refractivity contribution is -0.147. The number of rotatable bonds is 15. The molecule has 2 aromatic carbocycles. The quantitative estimate of drug-likeness (QED) is 0.177. The molecule has 4 aromatic rings. The molecule has 2 amide bonds. The number of fused-ring (bicyclic) bond motifs is 3. The van der Waals surface area contributed by atoms with Crippen molar-refractivity contribution in [3.05, 3.63) is 76.7 Å². The fraction of sp³-hybridized carbons (Fsp3) is 0.500. The van der Waals surface area contributed by atoms with Crippen molar-refractivity contribution < 1.29 is 23.9 Å². The van der Waals surface area contributed by atoms with E-state index in [-0.39, 0.29) is 43.4 Å². The molecule has 0 aliphatic carbocycles. The fourth-order valence-electron chi connectivity index (χ4n) is 6.63. The van der Waals surface area contributed by atoms with E-state index in [2.05, 4.69) is 57.1 Å². The Kier molecular flexibility index (Phi) is 11.8. The number of benzene rings is 2. The second kappa shape index (κ2) is 16.1. The van der Waals surface area contributed by atoms with Gasteiger partial charge in [0.25, 0.3) is 0 Å². The van der Waals surface area contributed by atoms with Crippen LogP contribution < -0.4 is 15.8 Å². The molecule has 0 radical (unpaired) electrons. The molecule has 0 spiro atoms. The van der Waals surface area contributed by atoms with Crippen LogP contribution in [-0.2, 0) is 58.3 Å². The molecule has 0 bridgehead atoms. The van der Waals surface area contributed by atoms with Crippen molar-refractivity contribution in [2.24, 2.45) is 5.73 Å². The summed E-state index contributed by atoms with van der Waals surface area (Å²) < 4.78 is 14.7. The standard InChI is InChI=1S/C38H52N8O5/c1-8-43-17-15-34-32(23-43)31-19-25(2)9-14-33(31)45(34)18-16-35(47)51-24-29-22-44(42-41-29)20-26(3)40-37(49)38(5,6)46(36(48)27(4)39)21-28-10-12-30(50-7)13-11-28/h9-14,19,22,26-27H,8,15-18,20-21,23-24,39H2,1-7H3,(H,40,49)/t26-,27+/m1/s1. The molecule has 274 valence electrons. The zero-order chi connectivity index (χ0) is 36.9. The summed E-state index contributed by atoms with van der Waals surface area (Å²) in [7, 11) is 1.59. The van der Waals surface area contributed by atoms with Crippen LogP contribution in [0.15, 0.2) is 48.7 Å². The Balaban J connectivity index is 1.14. The average molecular weight is 701 g/mol. The first-order chi connectivity index (χ1) is 24.3. The van der Waals surface area contributed by atoms with E-state index in [9.17, 15) is 14.4 Å². The summed E-state index contributed by atoms with van der Waals surface area (Å²) in [4.78, 5) is 43.6. The second-order valence-electron chi connectivity index (χ2n) is 14.1. The lowest BCUT2D eigenvalue weighted by Crippen LogP contribution is -2.60. The Morgan fingerprint density at radius 1 is 1.12 bits per heavy atom. The molecule has 0 saturated carbocycles. The van der Waals surface area contributed by atoms with Crippen molar-refractivity contribution in [2.45, 2.75) is 105 Å². The molecular weight excluding hydrogens is 648 g/mol. The van der Waals surface area contributed by atoms with Gasteiger partial charge in [0, 0.05) is 55.2 Å². The molecule has 3 N–H and O–H groups in total. The molecule has 2 aromatic heterocycles. The van der Waals surface area contributed by atoms with Gasteiger partial charge in [-0.1, -0.05) is 35.9 Å². The lowest BCUT2D eigenvalue weighted by atomic mass is 9.98. The molecule has 51 heavy (non-hydrogen) atoms. The van der Waals surface area contributed by atoms with Crippen molar-refractivity contribution in [3.63, 3.8) is 0 Å². The summed E-state index contributed by atoms with van der Waals surface area (Å²) in [6.45, 7) is 15.2. The molecule has 2 atom stereocenters. The van der Waals surface area contributed by atoms with Crippen LogP contribution in [0.5, 0.6) is 5.75 Å². The predicted molar refractivity (Wildman–Crippen MR) is 195 cm³/mol. The summed E-state index contributed by atoms with van der Waals surface area (Å²) in [6, 6.07) is 12.7. The summed E-state index contributed by atoms with van der Waals surface area (Å²) in [6.07, 6.45) is 2.91. The lowest BCUT2D eigenvalue weighted by Gasteiger charge is -2.39. The zero-order valence-corrected chi connectivity index (χ0v) is 30.9. The molecule has 0 saturated heterocycles. The number of aromatic nitrogens is 4. The maximum absolute atomic E-state index is 13.6. The molecule has 5 rings (SSSR count). The first-order valence-electron chi connectivity index (χ1n) is 17.7. The molecule has 13 heteroatoms. The highest BCUT2D eigenvalue weighted by Crippen LogP contribution is 2.32. The third-order valence-electron chi connectivity index (χ3n) is 9.67. The van der Waals surface area contributed by atoms with Gasteiger partial charge in [-0.3, -0.25) is 24.0 Å². The number of amides is 2. The highest BCUT2D eigenvalue weighted by atomic mass is 16.5. The third-order valence-corrected chi connectivity index (χ3v) is 9.67. The monoisotopic (exact) mass is 700 g/mol. The molecule has 0 unspecified atom stereocenters. The SMILES string of the molecule is CCN1CCc2c(c3cc(C)ccc3n2CCC(=O)OCc2cn(C[C@@H](C)NC(=O)C(C)(C)N(Cc3ccc(OC)cc3)C(=O)[C@H](C)N)nn2)C1. The van der Waals surface area contributed by atoms with E-state index < -0.39 is 11.6 Å². The largest absolute Gasteiger partial charge is 0.497 e. The van der Waals surface area contributed by atoms with Crippen molar-refractivity contribution in [3.8, 4) is 5.75 Å². The van der Waals surface area contributed by atoms with E-state index in [4.69, 9.17) is 15.2 Å². The van der Waals surface area contributed by atoms with Crippen LogP contribution in [0.3, 0.4) is 0 Å². The van der Waals surface area contributed by atoms with Crippen LogP contribution >= 0.6 is 0 Å². The number of nitrogens with zero attached hydrogens (tertiary/aromatic N) is 6. The van der Waals surface area contributed by atoms with Gasteiger partial charge in [-0.2, -0.15) is 0 Å². The summed E-state index contributed by atoms with van der Waals surface area (Å²) in [5, 5.41) is 12.6. The van der Waals surface area contributed by atoms with E-state index in [0.717, 1.165) is 37.1 Å². The number of nitrogens with one attached hydrogen (secondary N) is 1. The minimum atomic E-state index is -1.21. The first-order valence-corrected chi connectivity index (χ1v) is 17.7. The van der Waals surface area contributed by atoms with Gasteiger partial charge in [0.1, 0.15) is 23.6 Å². The second-order valence-corrected chi connectivity index (χ2v) is 14.1. The number of esters is 1. The van der Waals surface area contributed by atoms with E-state index in [1.807, 2.05) is 31.2 Å². The summed E-state index contributed by atoms with van der Waals surface area (Å²) >= 11 is 0. The van der Waals surface area contributed by atoms with Crippen molar-refractivity contribution in [1.29, 1.82) is 0 Å². The Morgan fingerprint density at radius 3 is 2.55 bits per heavy atom. The van der Waals surface area contributed by atoms with Gasteiger partial charge in [0.2, 0.25) is 11.8 Å². The highest BCUT2D eigenvalue weighted by Gasteiger charge is 2.39. The van der Waals surface area contributed by atoms with Crippen LogP contribution in [0, 0.1) is 6.92 Å². The van der Waals surface area contributed by atoms with Crippen LogP contribution in [0.2, 0.25) is 0 Å². The highest BCUT2D eigenvalue weighted by molar-refractivity contribution is 5.92. The minimum absolute atomic E-state index is 0.00149. The maximum atomic E-state index is 13.6. The molecule has 1 aliphatic rings. The Labute approximate surface area is 300 Å². The summed E-state index contributed by atoms with van der Waals surface area (Å²) in [5.41, 5.74) is 11.2. The van der Waals surface area contributed by atoms with Crippen LogP contribution in [0.1, 0.15) is 69.1 Å². The smallest absolute Gasteiger partial charge is 0.307 e. The number of nitrogens with two attached hydrogens (primary N) is 1. The number of carbonyl (C=O) groups is 3. The normalized spacial score (nSPS) is 14.5. The first kappa shape index (κ1) is 37.5. The van der Waals surface area contributed by atoms with Crippen molar-refractivity contribution in [1.82, 2.24) is 34.7 Å². The number of hydrogen-bond acceptors (Lipinski definition) is 9. The molecule has 1 aliphatic heterocycles. The van der Waals surface area contributed by atoms with Gasteiger partial charge in [-0.05, 0) is 76.6 Å². The summed E-state index contributed by atoms with van der Waals surface area (Å²) in [5.74, 6) is -0.279. The van der Waals surface area contributed by atoms with Gasteiger partial charge in [-0.25, -0.2) is 0 Å². The topological polar surface area (TPSA) is 150 Å². The van der Waals surface area contributed by atoms with E-state index in [1.165, 1.54) is 27.1 Å². The Morgan fingerprint density at radius 2 is 1.86 bits per heavy atom. The molecule has 0 fully saturated rings. The van der Waals surface area contributed by atoms with Gasteiger partial charge in [-0.15, -0.1) is 5.10 Å². The van der Waals surface area contributed by atoms with E-state index in [0.29, 0.717) is 24.5 Å². The number of methoxy groups -OCH3 is 1. The van der Waals surface area contributed by atoms with Gasteiger partial charge in [0.15, 0.2) is 0 Å². The van der Waals surface area contributed by atoms with E-state index in [1.54, 1.807) is 38.8 Å². The van der Waals surface area contributed by atoms with Crippen LogP contribution in [0.4, 0.5) is 0 Å². The van der Waals surface area contributed by atoms with Gasteiger partial charge >= 0.3 is 5.97 Å². The Bertz CT molecular complexity index is 1840. The van der Waals surface area contributed by atoms with E-state index >= 15 is 0 Å². The number of carbonyl (C=O) groups excluding carboxylic acids is 3. The van der Waals surface area contributed by atoms with Crippen LogP contribution in [-0.4, -0.2) is 85.0 Å². The maximum Gasteiger partial charge on any atom is 0.307 e. The Hall–Kier alpha value is -4.75. The molecule has 13 nitrogen and oxygen atoms in total. The predicted octanol–water partition coefficient (Wildman–Crippen LogP) is 3.72. The third kappa shape index (κ3) is 8.77. The fourth-order valence-corrected chi connectivity index (χ4v) is 6.63. The minimum Gasteiger partial charge on any atom is -0.497 e. The molecule has 3 heterocycles. The number of aryl methyl sites for hydroxylation is 2.